The monoisotopic (exact) mass is 851 g/mol. The van der Waals surface area contributed by atoms with E-state index in [2.05, 4.69) is 169 Å². The van der Waals surface area contributed by atoms with Gasteiger partial charge in [-0.1, -0.05) is 125 Å². The number of likely N-dealkylation sites (tertiary alicyclic amines) is 6. The van der Waals surface area contributed by atoms with Crippen LogP contribution >= 0.6 is 0 Å². The van der Waals surface area contributed by atoms with Gasteiger partial charge < -0.3 is 29.4 Å². The minimum Gasteiger partial charge on any atom is -0.306 e. The molecule has 0 radical (unpaired) electrons. The van der Waals surface area contributed by atoms with E-state index in [0.717, 1.165) is 35.5 Å². The number of hydrogen-bond acceptors (Lipinski definition) is 6. The standard InChI is InChI=1S/2C10H21N.2C9H19N.2C6H13N.2C2H6/c2*1-10(2,3)9-5-7-11(4)8-6-9;2*1-9(2,3)8-5-6-10(4)7-8;2*1-6-3-4-7(2)5-6;2*1-2/h2*9H,5-8H2,1-4H3;2*8H,5-7H2,1-4H3;2*6H,3-5H2,1-2H3;2*1-2H3/t;;8-;;2*6-;;/m..1.10../s1. The van der Waals surface area contributed by atoms with Crippen LogP contribution in [0.3, 0.4) is 0 Å². The fraction of sp³-hybridized carbons (Fsp3) is 1.00. The molecular weight excluding hydrogens is 733 g/mol. The summed E-state index contributed by atoms with van der Waals surface area (Å²) >= 11 is 0. The normalized spacial score (nSPS) is 26.8. The van der Waals surface area contributed by atoms with E-state index in [-0.39, 0.29) is 0 Å². The zero-order valence-corrected chi connectivity index (χ0v) is 46.3. The van der Waals surface area contributed by atoms with Gasteiger partial charge in [-0.05, 0) is 203 Å². The molecule has 0 N–H and O–H groups in total. The number of piperidine rings is 2. The molecule has 0 aromatic heterocycles. The Morgan fingerprint density at radius 2 is 0.450 bits per heavy atom. The molecule has 0 aliphatic carbocycles. The molecule has 6 heterocycles. The van der Waals surface area contributed by atoms with Crippen molar-refractivity contribution in [1.82, 2.24) is 29.4 Å². The lowest BCUT2D eigenvalue weighted by molar-refractivity contribution is 0.129. The van der Waals surface area contributed by atoms with Crippen LogP contribution in [0.15, 0.2) is 0 Å². The minimum absolute atomic E-state index is 0.519. The Kier molecular flexibility index (Phi) is 31.8. The molecule has 0 aromatic carbocycles. The maximum atomic E-state index is 2.43. The highest BCUT2D eigenvalue weighted by molar-refractivity contribution is 4.84. The first-order chi connectivity index (χ1) is 27.6. The number of rotatable bonds is 0. The lowest BCUT2D eigenvalue weighted by atomic mass is 9.75. The van der Waals surface area contributed by atoms with Gasteiger partial charge in [-0.2, -0.15) is 0 Å². The molecule has 6 rings (SSSR count). The van der Waals surface area contributed by atoms with Gasteiger partial charge in [0.1, 0.15) is 0 Å². The van der Waals surface area contributed by atoms with Crippen LogP contribution in [0, 0.1) is 57.2 Å². The first-order valence-electron chi connectivity index (χ1n) is 25.7. The van der Waals surface area contributed by atoms with Crippen LogP contribution in [-0.2, 0) is 0 Å². The van der Waals surface area contributed by atoms with Crippen LogP contribution in [0.1, 0.15) is 176 Å². The first-order valence-corrected chi connectivity index (χ1v) is 25.7. The van der Waals surface area contributed by atoms with Gasteiger partial charge in [0.05, 0.1) is 0 Å². The summed E-state index contributed by atoms with van der Waals surface area (Å²) in [6, 6.07) is 0. The van der Waals surface area contributed by atoms with Crippen LogP contribution in [0.4, 0.5) is 0 Å². The second kappa shape index (κ2) is 30.8. The minimum atomic E-state index is 0.519. The van der Waals surface area contributed by atoms with Gasteiger partial charge in [0.15, 0.2) is 0 Å². The highest BCUT2D eigenvalue weighted by Crippen LogP contribution is 2.36. The molecule has 1 unspecified atom stereocenters. The Morgan fingerprint density at radius 3 is 0.567 bits per heavy atom. The average molecular weight is 852 g/mol. The van der Waals surface area contributed by atoms with Gasteiger partial charge in [-0.3, -0.25) is 0 Å². The molecule has 60 heavy (non-hydrogen) atoms. The van der Waals surface area contributed by atoms with E-state index in [1.165, 1.54) is 130 Å². The topological polar surface area (TPSA) is 19.4 Å². The second-order valence-electron chi connectivity index (χ2n) is 24.4. The lowest BCUT2D eigenvalue weighted by Gasteiger charge is -2.37. The third-order valence-electron chi connectivity index (χ3n) is 14.4. The van der Waals surface area contributed by atoms with Gasteiger partial charge in [0.25, 0.3) is 0 Å². The Labute approximate surface area is 382 Å². The van der Waals surface area contributed by atoms with Crippen molar-refractivity contribution in [3.8, 4) is 0 Å². The third kappa shape index (κ3) is 29.3. The van der Waals surface area contributed by atoms with Crippen molar-refractivity contribution >= 4 is 0 Å². The van der Waals surface area contributed by atoms with Crippen molar-refractivity contribution in [2.75, 3.05) is 121 Å². The molecular formula is C54H118N6. The summed E-state index contributed by atoms with van der Waals surface area (Å²) in [6.45, 7) is 56.4. The van der Waals surface area contributed by atoms with E-state index in [4.69, 9.17) is 0 Å². The Morgan fingerprint density at radius 1 is 0.267 bits per heavy atom. The summed E-state index contributed by atoms with van der Waals surface area (Å²) in [5.74, 6) is 5.61. The first kappa shape index (κ1) is 61.8. The van der Waals surface area contributed by atoms with Gasteiger partial charge in [0.2, 0.25) is 0 Å². The summed E-state index contributed by atoms with van der Waals surface area (Å²) in [5, 5.41) is 0. The van der Waals surface area contributed by atoms with Crippen molar-refractivity contribution < 1.29 is 0 Å². The van der Waals surface area contributed by atoms with Crippen LogP contribution in [0.25, 0.3) is 0 Å². The van der Waals surface area contributed by atoms with Crippen molar-refractivity contribution in [1.29, 1.82) is 0 Å². The van der Waals surface area contributed by atoms with Crippen molar-refractivity contribution in [2.45, 2.75) is 176 Å². The van der Waals surface area contributed by atoms with Crippen LogP contribution in [0.2, 0.25) is 0 Å². The number of nitrogens with zero attached hydrogens (tertiary/aromatic N) is 6. The molecule has 6 saturated heterocycles. The summed E-state index contributed by atoms with van der Waals surface area (Å²) in [6.07, 6.45) is 11.1. The SMILES string of the molecule is CC.CC.CN1CCC(C(C)(C)C)C1.CN1CCC(C(C)(C)C)CC1.CN1CCC(C(C)(C)C)CC1.CN1CC[C@@H](C(C)(C)C)C1.C[C@@H]1CCN(C)C1.C[C@H]1CCN(C)C1. The Hall–Kier alpha value is -0.240. The fourth-order valence-corrected chi connectivity index (χ4v) is 9.34. The molecule has 0 amide bonds. The molecule has 6 aliphatic heterocycles. The molecule has 0 aromatic rings. The summed E-state index contributed by atoms with van der Waals surface area (Å²) < 4.78 is 0. The van der Waals surface area contributed by atoms with Gasteiger partial charge >= 0.3 is 0 Å². The van der Waals surface area contributed by atoms with Crippen molar-refractivity contribution in [2.24, 2.45) is 57.2 Å². The lowest BCUT2D eigenvalue weighted by Crippen LogP contribution is -2.35. The molecule has 4 atom stereocenters. The van der Waals surface area contributed by atoms with Gasteiger partial charge in [0, 0.05) is 26.2 Å². The zero-order valence-electron chi connectivity index (χ0n) is 46.3. The highest BCUT2D eigenvalue weighted by atomic mass is 15.1. The average Bonchev–Trinajstić information content (AvgIpc) is 3.97. The van der Waals surface area contributed by atoms with Crippen molar-refractivity contribution in [3.05, 3.63) is 0 Å². The van der Waals surface area contributed by atoms with Gasteiger partial charge in [-0.15, -0.1) is 0 Å². The maximum Gasteiger partial charge on any atom is 0.00121 e. The molecule has 6 aliphatic rings. The van der Waals surface area contributed by atoms with Crippen LogP contribution in [-0.4, -0.2) is 150 Å². The Balaban J connectivity index is 0. The predicted octanol–water partition coefficient (Wildman–Crippen LogP) is 12.7. The molecule has 364 valence electrons. The van der Waals surface area contributed by atoms with E-state index in [1.807, 2.05) is 27.7 Å². The second-order valence-corrected chi connectivity index (χ2v) is 24.4. The van der Waals surface area contributed by atoms with Crippen LogP contribution in [0.5, 0.6) is 0 Å². The van der Waals surface area contributed by atoms with E-state index >= 15 is 0 Å². The molecule has 6 fully saturated rings. The Bertz CT molecular complexity index is 890. The molecule has 0 spiro atoms. The summed E-state index contributed by atoms with van der Waals surface area (Å²) in [7, 11) is 13.2. The molecule has 6 nitrogen and oxygen atoms in total. The summed E-state index contributed by atoms with van der Waals surface area (Å²) in [4.78, 5) is 14.5. The third-order valence-corrected chi connectivity index (χ3v) is 14.4. The quantitative estimate of drug-likeness (QED) is 0.240. The molecule has 6 heteroatoms. The van der Waals surface area contributed by atoms with E-state index in [1.54, 1.807) is 0 Å². The van der Waals surface area contributed by atoms with Crippen LogP contribution < -0.4 is 0 Å². The molecule has 0 bridgehead atoms. The van der Waals surface area contributed by atoms with E-state index in [9.17, 15) is 0 Å². The number of hydrogen-bond donors (Lipinski definition) is 0. The van der Waals surface area contributed by atoms with E-state index in [0.29, 0.717) is 21.7 Å². The van der Waals surface area contributed by atoms with Crippen molar-refractivity contribution in [3.63, 3.8) is 0 Å². The zero-order chi connectivity index (χ0) is 47.1. The summed E-state index contributed by atoms with van der Waals surface area (Å²) in [5.41, 5.74) is 2.10. The smallest absolute Gasteiger partial charge is 0.00121 e. The molecule has 0 saturated carbocycles. The highest BCUT2D eigenvalue weighted by Gasteiger charge is 2.31. The fourth-order valence-electron chi connectivity index (χ4n) is 9.34. The van der Waals surface area contributed by atoms with Gasteiger partial charge in [-0.25, -0.2) is 0 Å². The maximum absolute atomic E-state index is 2.43. The van der Waals surface area contributed by atoms with E-state index < -0.39 is 0 Å². The predicted molar refractivity (Wildman–Crippen MR) is 275 cm³/mol. The largest absolute Gasteiger partial charge is 0.306 e.